The van der Waals surface area contributed by atoms with Gasteiger partial charge < -0.3 is 4.98 Å². The zero-order chi connectivity index (χ0) is 15.5. The van der Waals surface area contributed by atoms with Gasteiger partial charge in [0, 0.05) is 17.3 Å². The molecule has 0 radical (unpaired) electrons. The molecule has 0 spiro atoms. The van der Waals surface area contributed by atoms with E-state index < -0.39 is 0 Å². The number of thioether (sulfide) groups is 1. The monoisotopic (exact) mass is 310 g/mol. The number of Topliss-reactive ketones (excluding diaryl/α,β-unsaturated/α-hetero) is 1. The minimum Gasteiger partial charge on any atom is -0.301 e. The number of ketones is 1. The van der Waals surface area contributed by atoms with E-state index in [1.165, 1.54) is 17.8 Å². The lowest BCUT2D eigenvalue weighted by atomic mass is 10.1. The van der Waals surface area contributed by atoms with Crippen LogP contribution in [0.1, 0.15) is 16.1 Å². The van der Waals surface area contributed by atoms with Crippen molar-refractivity contribution in [3.63, 3.8) is 0 Å². The molecular weight excluding hydrogens is 296 g/mol. The standard InChI is InChI=1S/C17H14N2O2S/c1-11-8-16(21)19-17(18-11)22-10-15(20)14-7-6-12-4-2-3-5-13(12)9-14/h2-9H,10H2,1H3,(H,18,19,21). The predicted molar refractivity (Wildman–Crippen MR) is 88.6 cm³/mol. The highest BCUT2D eigenvalue weighted by Crippen LogP contribution is 2.18. The van der Waals surface area contributed by atoms with Crippen LogP contribution in [0.3, 0.4) is 0 Å². The lowest BCUT2D eigenvalue weighted by molar-refractivity contribution is 0.102. The Labute approximate surface area is 131 Å². The second-order valence-corrected chi connectivity index (χ2v) is 5.93. The van der Waals surface area contributed by atoms with Crippen LogP contribution in [0, 0.1) is 6.92 Å². The van der Waals surface area contributed by atoms with Crippen molar-refractivity contribution >= 4 is 28.3 Å². The average molecular weight is 310 g/mol. The second kappa shape index (κ2) is 6.15. The lowest BCUT2D eigenvalue weighted by Crippen LogP contribution is -2.10. The Hall–Kier alpha value is -2.40. The van der Waals surface area contributed by atoms with Gasteiger partial charge in [-0.15, -0.1) is 0 Å². The molecule has 0 saturated carbocycles. The van der Waals surface area contributed by atoms with Gasteiger partial charge in [0.15, 0.2) is 10.9 Å². The maximum Gasteiger partial charge on any atom is 0.251 e. The molecule has 1 aromatic heterocycles. The third kappa shape index (κ3) is 3.26. The van der Waals surface area contributed by atoms with E-state index in [0.717, 1.165) is 10.8 Å². The van der Waals surface area contributed by atoms with E-state index in [-0.39, 0.29) is 17.1 Å². The highest BCUT2D eigenvalue weighted by Gasteiger charge is 2.09. The Morgan fingerprint density at radius 3 is 2.68 bits per heavy atom. The molecule has 4 nitrogen and oxygen atoms in total. The first-order valence-corrected chi connectivity index (χ1v) is 7.83. The molecule has 0 saturated heterocycles. The minimum atomic E-state index is -0.201. The molecule has 0 atom stereocenters. The number of nitrogens with zero attached hydrogens (tertiary/aromatic N) is 1. The minimum absolute atomic E-state index is 0.0138. The van der Waals surface area contributed by atoms with E-state index in [2.05, 4.69) is 9.97 Å². The van der Waals surface area contributed by atoms with Crippen LogP contribution in [-0.2, 0) is 0 Å². The molecule has 0 aliphatic rings. The Balaban J connectivity index is 1.76. The molecule has 3 aromatic rings. The van der Waals surface area contributed by atoms with Gasteiger partial charge in [-0.05, 0) is 23.8 Å². The van der Waals surface area contributed by atoms with Crippen LogP contribution < -0.4 is 5.56 Å². The third-order valence-electron chi connectivity index (χ3n) is 3.26. The number of aromatic nitrogens is 2. The fourth-order valence-corrected chi connectivity index (χ4v) is 3.02. The molecule has 5 heteroatoms. The molecule has 1 heterocycles. The van der Waals surface area contributed by atoms with Gasteiger partial charge in [-0.25, -0.2) is 4.98 Å². The molecule has 0 bridgehead atoms. The van der Waals surface area contributed by atoms with Crippen molar-refractivity contribution in [1.82, 2.24) is 9.97 Å². The molecule has 2 aromatic carbocycles. The Bertz CT molecular complexity index is 902. The molecule has 0 aliphatic carbocycles. The largest absolute Gasteiger partial charge is 0.301 e. The van der Waals surface area contributed by atoms with E-state index in [4.69, 9.17) is 0 Å². The van der Waals surface area contributed by atoms with Gasteiger partial charge in [0.1, 0.15) is 0 Å². The third-order valence-corrected chi connectivity index (χ3v) is 4.13. The highest BCUT2D eigenvalue weighted by molar-refractivity contribution is 7.99. The first kappa shape index (κ1) is 14.5. The molecule has 0 unspecified atom stereocenters. The van der Waals surface area contributed by atoms with Crippen LogP contribution in [0.15, 0.2) is 58.5 Å². The van der Waals surface area contributed by atoms with Crippen molar-refractivity contribution in [1.29, 1.82) is 0 Å². The number of fused-ring (bicyclic) bond motifs is 1. The molecular formula is C17H14N2O2S. The van der Waals surface area contributed by atoms with Crippen LogP contribution in [0.25, 0.3) is 10.8 Å². The quantitative estimate of drug-likeness (QED) is 0.456. The number of aromatic amines is 1. The SMILES string of the molecule is Cc1cc(=O)[nH]c(SCC(=O)c2ccc3ccccc3c2)n1. The number of H-pyrrole nitrogens is 1. The smallest absolute Gasteiger partial charge is 0.251 e. The average Bonchev–Trinajstić information content (AvgIpc) is 2.51. The summed E-state index contributed by atoms with van der Waals surface area (Å²) in [5.74, 6) is 0.255. The molecule has 0 fully saturated rings. The zero-order valence-electron chi connectivity index (χ0n) is 12.0. The number of benzene rings is 2. The molecule has 22 heavy (non-hydrogen) atoms. The number of aryl methyl sites for hydroxylation is 1. The number of carbonyl (C=O) groups is 1. The normalized spacial score (nSPS) is 10.8. The maximum atomic E-state index is 12.3. The topological polar surface area (TPSA) is 62.8 Å². The van der Waals surface area contributed by atoms with E-state index in [1.807, 2.05) is 42.5 Å². The number of nitrogens with one attached hydrogen (secondary N) is 1. The van der Waals surface area contributed by atoms with Crippen molar-refractivity contribution in [3.05, 3.63) is 70.1 Å². The fourth-order valence-electron chi connectivity index (χ4n) is 2.20. The van der Waals surface area contributed by atoms with Crippen LogP contribution in [0.5, 0.6) is 0 Å². The summed E-state index contributed by atoms with van der Waals surface area (Å²) in [7, 11) is 0. The summed E-state index contributed by atoms with van der Waals surface area (Å²) in [6, 6.07) is 15.0. The number of carbonyl (C=O) groups excluding carboxylic acids is 1. The number of hydrogen-bond donors (Lipinski definition) is 1. The van der Waals surface area contributed by atoms with E-state index >= 15 is 0 Å². The predicted octanol–water partition coefficient (Wildman–Crippen LogP) is 3.21. The van der Waals surface area contributed by atoms with Crippen molar-refractivity contribution < 1.29 is 4.79 Å². The summed E-state index contributed by atoms with van der Waals surface area (Å²) in [6.07, 6.45) is 0. The van der Waals surface area contributed by atoms with Gasteiger partial charge in [0.25, 0.3) is 5.56 Å². The van der Waals surface area contributed by atoms with Crippen molar-refractivity contribution in [3.8, 4) is 0 Å². The highest BCUT2D eigenvalue weighted by atomic mass is 32.2. The summed E-state index contributed by atoms with van der Waals surface area (Å²) in [5, 5.41) is 2.62. The first-order chi connectivity index (χ1) is 10.6. The Morgan fingerprint density at radius 1 is 1.14 bits per heavy atom. The van der Waals surface area contributed by atoms with Gasteiger partial charge in [0.05, 0.1) is 5.75 Å². The maximum absolute atomic E-state index is 12.3. The second-order valence-electron chi connectivity index (χ2n) is 4.97. The van der Waals surface area contributed by atoms with Gasteiger partial charge in [-0.2, -0.15) is 0 Å². The molecule has 1 N–H and O–H groups in total. The van der Waals surface area contributed by atoms with Gasteiger partial charge >= 0.3 is 0 Å². The summed E-state index contributed by atoms with van der Waals surface area (Å²) >= 11 is 1.24. The summed E-state index contributed by atoms with van der Waals surface area (Å²) in [6.45, 7) is 1.75. The molecule has 0 aliphatic heterocycles. The van der Waals surface area contributed by atoms with Crippen molar-refractivity contribution in [2.24, 2.45) is 0 Å². The van der Waals surface area contributed by atoms with E-state index in [0.29, 0.717) is 16.4 Å². The van der Waals surface area contributed by atoms with Crippen molar-refractivity contribution in [2.45, 2.75) is 12.1 Å². The van der Waals surface area contributed by atoms with E-state index in [1.54, 1.807) is 6.92 Å². The van der Waals surface area contributed by atoms with Crippen molar-refractivity contribution in [2.75, 3.05) is 5.75 Å². The molecule has 3 rings (SSSR count). The molecule has 110 valence electrons. The molecule has 0 amide bonds. The van der Waals surface area contributed by atoms with Gasteiger partial charge in [-0.3, -0.25) is 9.59 Å². The van der Waals surface area contributed by atoms with Gasteiger partial charge in [-0.1, -0.05) is 48.2 Å². The first-order valence-electron chi connectivity index (χ1n) is 6.84. The number of rotatable bonds is 4. The van der Waals surface area contributed by atoms with Crippen LogP contribution in [0.4, 0.5) is 0 Å². The van der Waals surface area contributed by atoms with Crippen LogP contribution >= 0.6 is 11.8 Å². The lowest BCUT2D eigenvalue weighted by Gasteiger charge is -2.04. The zero-order valence-corrected chi connectivity index (χ0v) is 12.8. The summed E-state index contributed by atoms with van der Waals surface area (Å²) in [4.78, 5) is 30.5. The Kier molecular flexibility index (Phi) is 4.06. The summed E-state index contributed by atoms with van der Waals surface area (Å²) in [5.41, 5.74) is 1.11. The summed E-state index contributed by atoms with van der Waals surface area (Å²) < 4.78 is 0. The fraction of sp³-hybridized carbons (Fsp3) is 0.118. The Morgan fingerprint density at radius 2 is 1.91 bits per heavy atom. The van der Waals surface area contributed by atoms with Crippen LogP contribution in [0.2, 0.25) is 0 Å². The van der Waals surface area contributed by atoms with Gasteiger partial charge in [0.2, 0.25) is 0 Å². The van der Waals surface area contributed by atoms with E-state index in [9.17, 15) is 9.59 Å². The number of hydrogen-bond acceptors (Lipinski definition) is 4. The van der Waals surface area contributed by atoms with Crippen LogP contribution in [-0.4, -0.2) is 21.5 Å².